The van der Waals surface area contributed by atoms with E-state index in [1.807, 2.05) is 13.0 Å². The highest BCUT2D eigenvalue weighted by Crippen LogP contribution is 2.14. The smallest absolute Gasteiger partial charge is 0.343 e. The number of rotatable bonds is 2. The predicted molar refractivity (Wildman–Crippen MR) is 82.3 cm³/mol. The number of carbonyl (C=O) groups excluding carboxylic acids is 1. The number of pyridine rings is 1. The van der Waals surface area contributed by atoms with E-state index in [0.29, 0.717) is 16.9 Å². The van der Waals surface area contributed by atoms with Crippen molar-refractivity contribution in [1.29, 1.82) is 0 Å². The van der Waals surface area contributed by atoms with Gasteiger partial charge in [-0.2, -0.15) is 0 Å². The van der Waals surface area contributed by atoms with Gasteiger partial charge in [0.25, 0.3) is 0 Å². The maximum atomic E-state index is 12.5. The zero-order valence-corrected chi connectivity index (χ0v) is 12.2. The van der Waals surface area contributed by atoms with Crippen LogP contribution in [0.1, 0.15) is 21.6 Å². The van der Waals surface area contributed by atoms with Crippen molar-refractivity contribution >= 4 is 11.6 Å². The lowest BCUT2D eigenvalue weighted by atomic mass is 10.2. The maximum Gasteiger partial charge on any atom is 0.343 e. The zero-order chi connectivity index (χ0) is 15.7. The first-order valence-corrected chi connectivity index (χ1v) is 6.83. The summed E-state index contributed by atoms with van der Waals surface area (Å²) in [7, 11) is 0. The van der Waals surface area contributed by atoms with Crippen LogP contribution >= 0.6 is 0 Å². The third kappa shape index (κ3) is 2.48. The van der Waals surface area contributed by atoms with Gasteiger partial charge in [0.1, 0.15) is 5.65 Å². The third-order valence-corrected chi connectivity index (χ3v) is 3.30. The van der Waals surface area contributed by atoms with E-state index in [4.69, 9.17) is 4.74 Å². The summed E-state index contributed by atoms with van der Waals surface area (Å²) < 4.78 is 6.66. The fraction of sp³-hybridized carbons (Fsp3) is 0.118. The second-order valence-corrected chi connectivity index (χ2v) is 5.02. The van der Waals surface area contributed by atoms with Gasteiger partial charge in [-0.3, -0.25) is 9.20 Å². The summed E-state index contributed by atoms with van der Waals surface area (Å²) in [6.45, 7) is 3.52. The molecule has 0 unspecified atom stereocenters. The van der Waals surface area contributed by atoms with Crippen LogP contribution in [0, 0.1) is 13.8 Å². The predicted octanol–water partition coefficient (Wildman–Crippen LogP) is 2.53. The Morgan fingerprint density at radius 1 is 1.09 bits per heavy atom. The Kier molecular flexibility index (Phi) is 3.47. The van der Waals surface area contributed by atoms with Gasteiger partial charge < -0.3 is 4.74 Å². The van der Waals surface area contributed by atoms with Crippen LogP contribution in [0.5, 0.6) is 5.75 Å². The number of nitrogens with zero attached hydrogens (tertiary/aromatic N) is 2. The van der Waals surface area contributed by atoms with Crippen molar-refractivity contribution in [1.82, 2.24) is 9.38 Å². The minimum absolute atomic E-state index is 0.0445. The van der Waals surface area contributed by atoms with E-state index < -0.39 is 11.5 Å². The van der Waals surface area contributed by atoms with Gasteiger partial charge in [-0.05, 0) is 37.6 Å². The summed E-state index contributed by atoms with van der Waals surface area (Å²) in [5, 5.41) is 0. The largest absolute Gasteiger partial charge is 0.415 e. The number of fused-ring (bicyclic) bond motifs is 1. The monoisotopic (exact) mass is 294 g/mol. The molecule has 0 aliphatic carbocycles. The number of hydrogen-bond acceptors (Lipinski definition) is 4. The molecule has 22 heavy (non-hydrogen) atoms. The standard InChI is InChI=1S/C17H14N2O3/c1-11-8-9-14-18-12(2)15(16(20)19(14)10-11)22-17(21)13-6-4-3-5-7-13/h3-10H,1-2H3. The molecule has 0 saturated carbocycles. The third-order valence-electron chi connectivity index (χ3n) is 3.30. The normalized spacial score (nSPS) is 10.6. The molecule has 1 aromatic carbocycles. The molecule has 5 heteroatoms. The molecule has 2 heterocycles. The van der Waals surface area contributed by atoms with Crippen LogP contribution in [0.4, 0.5) is 0 Å². The van der Waals surface area contributed by atoms with Crippen molar-refractivity contribution < 1.29 is 9.53 Å². The molecule has 0 amide bonds. The molecule has 5 nitrogen and oxygen atoms in total. The molecule has 0 bridgehead atoms. The van der Waals surface area contributed by atoms with Crippen LogP contribution < -0.4 is 10.3 Å². The van der Waals surface area contributed by atoms with E-state index >= 15 is 0 Å². The highest BCUT2D eigenvalue weighted by atomic mass is 16.5. The lowest BCUT2D eigenvalue weighted by Crippen LogP contribution is -2.22. The fourth-order valence-electron chi connectivity index (χ4n) is 2.18. The number of benzene rings is 1. The number of aromatic nitrogens is 2. The zero-order valence-electron chi connectivity index (χ0n) is 12.2. The van der Waals surface area contributed by atoms with Gasteiger partial charge in [-0.15, -0.1) is 0 Å². The van der Waals surface area contributed by atoms with Crippen molar-refractivity contribution in [3.8, 4) is 5.75 Å². The van der Waals surface area contributed by atoms with Gasteiger partial charge in [0.15, 0.2) is 0 Å². The van der Waals surface area contributed by atoms with Gasteiger partial charge >= 0.3 is 11.5 Å². The number of aryl methyl sites for hydroxylation is 2. The Morgan fingerprint density at radius 2 is 1.82 bits per heavy atom. The summed E-state index contributed by atoms with van der Waals surface area (Å²) in [5.74, 6) is -0.618. The molecule has 3 aromatic rings. The molecule has 0 N–H and O–H groups in total. The average molecular weight is 294 g/mol. The van der Waals surface area contributed by atoms with Gasteiger partial charge in [0.2, 0.25) is 5.75 Å². The summed E-state index contributed by atoms with van der Waals surface area (Å²) in [6, 6.07) is 12.2. The lowest BCUT2D eigenvalue weighted by Gasteiger charge is -2.09. The Morgan fingerprint density at radius 3 is 2.55 bits per heavy atom. The first kappa shape index (κ1) is 14.0. The Labute approximate surface area is 126 Å². The number of ether oxygens (including phenoxy) is 1. The van der Waals surface area contributed by atoms with E-state index in [1.165, 1.54) is 4.40 Å². The highest BCUT2D eigenvalue weighted by molar-refractivity contribution is 5.91. The average Bonchev–Trinajstić information content (AvgIpc) is 2.53. The molecular formula is C17H14N2O3. The minimum Gasteiger partial charge on any atom is -0.415 e. The van der Waals surface area contributed by atoms with E-state index in [9.17, 15) is 9.59 Å². The summed E-state index contributed by atoms with van der Waals surface area (Å²) in [6.07, 6.45) is 1.67. The van der Waals surface area contributed by atoms with Gasteiger partial charge in [0.05, 0.1) is 11.3 Å². The molecule has 0 fully saturated rings. The topological polar surface area (TPSA) is 60.7 Å². The molecule has 0 radical (unpaired) electrons. The van der Waals surface area contributed by atoms with Crippen molar-refractivity contribution in [2.75, 3.05) is 0 Å². The Hall–Kier alpha value is -2.95. The molecule has 0 saturated heterocycles. The Bertz CT molecular complexity index is 914. The number of esters is 1. The second kappa shape index (κ2) is 5.44. The van der Waals surface area contributed by atoms with Crippen LogP contribution in [0.15, 0.2) is 53.5 Å². The quantitative estimate of drug-likeness (QED) is 0.681. The van der Waals surface area contributed by atoms with Gasteiger partial charge in [-0.1, -0.05) is 24.3 Å². The fourth-order valence-corrected chi connectivity index (χ4v) is 2.18. The second-order valence-electron chi connectivity index (χ2n) is 5.02. The molecule has 2 aromatic heterocycles. The van der Waals surface area contributed by atoms with Gasteiger partial charge in [-0.25, -0.2) is 9.78 Å². The van der Waals surface area contributed by atoms with Crippen molar-refractivity contribution in [3.05, 3.63) is 75.8 Å². The van der Waals surface area contributed by atoms with Crippen LogP contribution in [0.2, 0.25) is 0 Å². The van der Waals surface area contributed by atoms with Crippen molar-refractivity contribution in [2.45, 2.75) is 13.8 Å². The summed E-state index contributed by atoms with van der Waals surface area (Å²) in [5.41, 5.74) is 1.82. The maximum absolute atomic E-state index is 12.5. The van der Waals surface area contributed by atoms with E-state index in [-0.39, 0.29) is 5.75 Å². The summed E-state index contributed by atoms with van der Waals surface area (Å²) >= 11 is 0. The van der Waals surface area contributed by atoms with E-state index in [0.717, 1.165) is 5.56 Å². The van der Waals surface area contributed by atoms with Crippen molar-refractivity contribution in [2.24, 2.45) is 0 Å². The molecule has 0 atom stereocenters. The molecule has 110 valence electrons. The van der Waals surface area contributed by atoms with Gasteiger partial charge in [0, 0.05) is 6.20 Å². The van der Waals surface area contributed by atoms with Crippen molar-refractivity contribution in [3.63, 3.8) is 0 Å². The Balaban J connectivity index is 2.07. The van der Waals surface area contributed by atoms with Crippen LogP contribution in [-0.2, 0) is 0 Å². The molecule has 3 rings (SSSR count). The van der Waals surface area contributed by atoms with Crippen LogP contribution in [-0.4, -0.2) is 15.4 Å². The molecule has 0 spiro atoms. The highest BCUT2D eigenvalue weighted by Gasteiger charge is 2.16. The first-order chi connectivity index (χ1) is 10.6. The molecule has 0 aliphatic heterocycles. The minimum atomic E-state index is -0.574. The van der Waals surface area contributed by atoms with E-state index in [1.54, 1.807) is 49.5 Å². The number of hydrogen-bond donors (Lipinski definition) is 0. The summed E-state index contributed by atoms with van der Waals surface area (Å²) in [4.78, 5) is 28.9. The van der Waals surface area contributed by atoms with E-state index in [2.05, 4.69) is 4.98 Å². The van der Waals surface area contributed by atoms with Crippen LogP contribution in [0.3, 0.4) is 0 Å². The molecule has 0 aliphatic rings. The lowest BCUT2D eigenvalue weighted by molar-refractivity contribution is 0.0730. The number of carbonyl (C=O) groups is 1. The van der Waals surface area contributed by atoms with Crippen LogP contribution in [0.25, 0.3) is 5.65 Å². The first-order valence-electron chi connectivity index (χ1n) is 6.83. The molecular weight excluding hydrogens is 280 g/mol. The SMILES string of the molecule is Cc1ccc2nc(C)c(OC(=O)c3ccccc3)c(=O)n2c1.